The van der Waals surface area contributed by atoms with Crippen LogP contribution in [0.3, 0.4) is 0 Å². The fraction of sp³-hybridized carbons (Fsp3) is 0.750. The Morgan fingerprint density at radius 3 is 3.71 bits per heavy atom. The van der Waals surface area contributed by atoms with Gasteiger partial charge in [0.15, 0.2) is 0 Å². The van der Waals surface area contributed by atoms with Gasteiger partial charge in [0.05, 0.1) is 5.88 Å². The zero-order valence-corrected chi connectivity index (χ0v) is 4.87. The molecule has 7 heavy (non-hydrogen) atoms. The van der Waals surface area contributed by atoms with E-state index in [1.165, 1.54) is 0 Å². The third-order valence-electron chi connectivity index (χ3n) is 0.746. The second-order valence-corrected chi connectivity index (χ2v) is 2.16. The summed E-state index contributed by atoms with van der Waals surface area (Å²) in [6.07, 6.45) is 3.04. The van der Waals surface area contributed by atoms with Crippen molar-refractivity contribution in [2.75, 3.05) is 12.4 Å². The van der Waals surface area contributed by atoms with Crippen molar-refractivity contribution < 1.29 is 0 Å². The van der Waals surface area contributed by atoms with Gasteiger partial charge in [0.2, 0.25) is 0 Å². The van der Waals surface area contributed by atoms with Gasteiger partial charge in [-0.2, -0.15) is 0 Å². The largest absolute Gasteiger partial charge is 0.285 e. The molecule has 0 unspecified atom stereocenters. The highest BCUT2D eigenvalue weighted by Gasteiger charge is 1.87. The summed E-state index contributed by atoms with van der Waals surface area (Å²) in [5.74, 6) is 0.875. The number of aliphatic imine (C=N–C) groups is 1. The fourth-order valence-corrected chi connectivity index (χ4v) is 0.956. The number of hydrogen-bond donors (Lipinski definition) is 1. The van der Waals surface area contributed by atoms with Gasteiger partial charge in [0.25, 0.3) is 0 Å². The van der Waals surface area contributed by atoms with Crippen molar-refractivity contribution in [2.24, 2.45) is 4.99 Å². The molecule has 0 aromatic rings. The van der Waals surface area contributed by atoms with Crippen LogP contribution in [-0.4, -0.2) is 18.6 Å². The monoisotopic (exact) mass is 116 g/mol. The summed E-state index contributed by atoms with van der Waals surface area (Å²) >= 11 is 1.67. The Balaban J connectivity index is 2.20. The minimum Gasteiger partial charge on any atom is -0.285 e. The smallest absolute Gasteiger partial charge is 0.0983 e. The Bertz CT molecular complexity index is 64.1. The first-order valence-electron chi connectivity index (χ1n) is 2.33. The number of nitrogens with zero attached hydrogens (tertiary/aromatic N) is 1. The van der Waals surface area contributed by atoms with E-state index < -0.39 is 0 Å². The molecule has 0 fully saturated rings. The van der Waals surface area contributed by atoms with E-state index in [1.54, 1.807) is 11.9 Å². The van der Waals surface area contributed by atoms with Gasteiger partial charge < -0.3 is 0 Å². The van der Waals surface area contributed by atoms with Gasteiger partial charge in [0, 0.05) is 12.8 Å². The van der Waals surface area contributed by atoms with Crippen molar-refractivity contribution in [2.45, 2.75) is 6.42 Å². The Morgan fingerprint density at radius 1 is 1.71 bits per heavy atom. The fourth-order valence-electron chi connectivity index (χ4n) is 0.423. The molecular weight excluding hydrogens is 108 g/mol. The molecule has 0 spiro atoms. The quantitative estimate of drug-likeness (QED) is 0.470. The van der Waals surface area contributed by atoms with E-state index in [0.717, 1.165) is 18.8 Å². The van der Waals surface area contributed by atoms with Crippen molar-refractivity contribution in [1.82, 2.24) is 4.72 Å². The van der Waals surface area contributed by atoms with Gasteiger partial charge in [-0.25, -0.2) is 0 Å². The SMILES string of the molecule is C1=NCSNCC1. The van der Waals surface area contributed by atoms with Crippen molar-refractivity contribution >= 4 is 18.2 Å². The van der Waals surface area contributed by atoms with Crippen molar-refractivity contribution in [3.8, 4) is 0 Å². The summed E-state index contributed by atoms with van der Waals surface area (Å²) < 4.78 is 3.14. The minimum absolute atomic E-state index is 0.875. The summed E-state index contributed by atoms with van der Waals surface area (Å²) in [5, 5.41) is 0. The van der Waals surface area contributed by atoms with E-state index in [1.807, 2.05) is 6.21 Å². The number of hydrogen-bond acceptors (Lipinski definition) is 3. The summed E-state index contributed by atoms with van der Waals surface area (Å²) in [4.78, 5) is 4.05. The van der Waals surface area contributed by atoms with Gasteiger partial charge in [-0.3, -0.25) is 9.71 Å². The second-order valence-electron chi connectivity index (χ2n) is 1.32. The van der Waals surface area contributed by atoms with Gasteiger partial charge in [-0.05, 0) is 6.42 Å². The molecule has 1 aliphatic heterocycles. The predicted octanol–water partition coefficient (Wildman–Crippen LogP) is 0.656. The van der Waals surface area contributed by atoms with E-state index in [9.17, 15) is 0 Å². The van der Waals surface area contributed by atoms with E-state index >= 15 is 0 Å². The van der Waals surface area contributed by atoms with Crippen LogP contribution in [0.25, 0.3) is 0 Å². The van der Waals surface area contributed by atoms with Crippen LogP contribution < -0.4 is 4.72 Å². The lowest BCUT2D eigenvalue weighted by atomic mass is 10.5. The van der Waals surface area contributed by atoms with E-state index in [-0.39, 0.29) is 0 Å². The topological polar surface area (TPSA) is 24.4 Å². The molecule has 0 amide bonds. The molecule has 0 saturated heterocycles. The van der Waals surface area contributed by atoms with Crippen LogP contribution in [0.2, 0.25) is 0 Å². The minimum atomic E-state index is 0.875. The van der Waals surface area contributed by atoms with E-state index in [2.05, 4.69) is 9.71 Å². The van der Waals surface area contributed by atoms with Crippen molar-refractivity contribution in [1.29, 1.82) is 0 Å². The first-order valence-corrected chi connectivity index (χ1v) is 3.31. The van der Waals surface area contributed by atoms with Gasteiger partial charge in [0.1, 0.15) is 0 Å². The average molecular weight is 116 g/mol. The van der Waals surface area contributed by atoms with Gasteiger partial charge >= 0.3 is 0 Å². The molecule has 0 saturated carbocycles. The first-order chi connectivity index (χ1) is 3.50. The van der Waals surface area contributed by atoms with Crippen LogP contribution in [0.5, 0.6) is 0 Å². The summed E-state index contributed by atoms with van der Waals surface area (Å²) in [6.45, 7) is 1.06. The maximum Gasteiger partial charge on any atom is 0.0983 e. The lowest BCUT2D eigenvalue weighted by molar-refractivity contribution is 0.985. The van der Waals surface area contributed by atoms with Crippen LogP contribution in [0, 0.1) is 0 Å². The molecule has 0 aromatic heterocycles. The van der Waals surface area contributed by atoms with Gasteiger partial charge in [-0.15, -0.1) is 0 Å². The molecule has 2 nitrogen and oxygen atoms in total. The molecule has 1 heterocycles. The van der Waals surface area contributed by atoms with Crippen LogP contribution in [0.15, 0.2) is 4.99 Å². The molecule has 0 aliphatic carbocycles. The molecule has 0 atom stereocenters. The third kappa shape index (κ3) is 1.94. The highest BCUT2D eigenvalue weighted by Crippen LogP contribution is 1.95. The van der Waals surface area contributed by atoms with E-state index in [0.29, 0.717) is 0 Å². The zero-order chi connectivity index (χ0) is 4.95. The summed E-state index contributed by atoms with van der Waals surface area (Å²) in [6, 6.07) is 0. The van der Waals surface area contributed by atoms with Crippen LogP contribution in [0.1, 0.15) is 6.42 Å². The normalized spacial score (nSPS) is 21.7. The third-order valence-corrected chi connectivity index (χ3v) is 1.43. The summed E-state index contributed by atoms with van der Waals surface area (Å²) in [7, 11) is 0. The standard InChI is InChI=1S/C4H8N2S/c1-2-5-4-7-6-3-1/h2,6H,1,3-4H2. The molecule has 0 bridgehead atoms. The first kappa shape index (κ1) is 5.12. The highest BCUT2D eigenvalue weighted by atomic mass is 32.2. The molecule has 1 aliphatic rings. The van der Waals surface area contributed by atoms with Crippen LogP contribution >= 0.6 is 11.9 Å². The Morgan fingerprint density at radius 2 is 2.71 bits per heavy atom. The lowest BCUT2D eigenvalue weighted by Crippen LogP contribution is -2.02. The van der Waals surface area contributed by atoms with E-state index in [4.69, 9.17) is 0 Å². The van der Waals surface area contributed by atoms with Gasteiger partial charge in [-0.1, -0.05) is 11.9 Å². The molecular formula is C4H8N2S. The molecule has 0 radical (unpaired) electrons. The summed E-state index contributed by atoms with van der Waals surface area (Å²) in [5.41, 5.74) is 0. The Labute approximate surface area is 47.5 Å². The number of rotatable bonds is 0. The maximum atomic E-state index is 4.05. The Hall–Kier alpha value is -0.0200. The molecule has 1 N–H and O–H groups in total. The molecule has 0 aromatic carbocycles. The lowest BCUT2D eigenvalue weighted by Gasteiger charge is -1.90. The highest BCUT2D eigenvalue weighted by molar-refractivity contribution is 7.97. The second kappa shape index (κ2) is 3.04. The maximum absolute atomic E-state index is 4.05. The van der Waals surface area contributed by atoms with Crippen molar-refractivity contribution in [3.05, 3.63) is 0 Å². The Kier molecular flexibility index (Phi) is 2.23. The zero-order valence-electron chi connectivity index (χ0n) is 4.05. The molecule has 3 heteroatoms. The van der Waals surface area contributed by atoms with Crippen molar-refractivity contribution in [3.63, 3.8) is 0 Å². The van der Waals surface area contributed by atoms with Crippen LogP contribution in [0.4, 0.5) is 0 Å². The van der Waals surface area contributed by atoms with Crippen LogP contribution in [-0.2, 0) is 0 Å². The predicted molar refractivity (Wildman–Crippen MR) is 33.6 cm³/mol. The molecule has 40 valence electrons. The average Bonchev–Trinajstić information content (AvgIpc) is 1.90. The molecule has 1 rings (SSSR count). The number of nitrogens with one attached hydrogen (secondary N) is 1.